The summed E-state index contributed by atoms with van der Waals surface area (Å²) in [5, 5.41) is 3.23. The highest BCUT2D eigenvalue weighted by Crippen LogP contribution is 2.18. The number of nitrogens with two attached hydrogens (primary N) is 1. The van der Waals surface area contributed by atoms with Gasteiger partial charge in [-0.15, -0.1) is 0 Å². The zero-order chi connectivity index (χ0) is 11.5. The lowest BCUT2D eigenvalue weighted by molar-refractivity contribution is 1.08. The summed E-state index contributed by atoms with van der Waals surface area (Å²) >= 11 is 5.79. The van der Waals surface area contributed by atoms with E-state index >= 15 is 0 Å². The van der Waals surface area contributed by atoms with Crippen LogP contribution in [-0.4, -0.2) is 10.3 Å². The molecule has 0 unspecified atom stereocenters. The van der Waals surface area contributed by atoms with Crippen LogP contribution in [0.4, 0.5) is 0 Å². The zero-order valence-electron chi connectivity index (χ0n) is 8.74. The maximum atomic E-state index is 6.02. The van der Waals surface area contributed by atoms with E-state index in [1.54, 1.807) is 12.4 Å². The first kappa shape index (κ1) is 10.7. The lowest BCUT2D eigenvalue weighted by Gasteiger charge is -2.16. The van der Waals surface area contributed by atoms with E-state index in [0.29, 0.717) is 16.7 Å². The van der Waals surface area contributed by atoms with Gasteiger partial charge in [0.1, 0.15) is 0 Å². The molecule has 0 amide bonds. The van der Waals surface area contributed by atoms with Gasteiger partial charge in [0.2, 0.25) is 0 Å². The second-order valence-corrected chi connectivity index (χ2v) is 3.72. The third-order valence-electron chi connectivity index (χ3n) is 2.20. The van der Waals surface area contributed by atoms with E-state index in [4.69, 9.17) is 17.3 Å². The molecule has 2 rings (SSSR count). The van der Waals surface area contributed by atoms with Crippen LogP contribution in [0, 0.1) is 0 Å². The number of rotatable bonds is 1. The van der Waals surface area contributed by atoms with Crippen LogP contribution < -0.4 is 11.1 Å². The Hall–Kier alpha value is -1.81. The molecule has 0 saturated carbocycles. The van der Waals surface area contributed by atoms with Crippen molar-refractivity contribution in [1.29, 1.82) is 0 Å². The molecule has 0 radical (unpaired) electrons. The minimum Gasteiger partial charge on any atom is -0.395 e. The predicted octanol–water partition coefficient (Wildman–Crippen LogP) is 1.81. The van der Waals surface area contributed by atoms with E-state index in [-0.39, 0.29) is 0 Å². The molecule has 1 aromatic heterocycles. The van der Waals surface area contributed by atoms with Crippen molar-refractivity contribution < 1.29 is 0 Å². The molecule has 0 fully saturated rings. The Bertz CT molecular complexity index is 488. The maximum absolute atomic E-state index is 6.02. The van der Waals surface area contributed by atoms with Crippen LogP contribution in [-0.2, 0) is 0 Å². The SMILES string of the molecule is CC1=CN=C(Cl)NC1=C(N)c1ccccn1. The van der Waals surface area contributed by atoms with Gasteiger partial charge in [0.25, 0.3) is 0 Å². The fraction of sp³-hybridized carbons (Fsp3) is 0.0909. The van der Waals surface area contributed by atoms with Gasteiger partial charge < -0.3 is 11.1 Å². The molecule has 3 N–H and O–H groups in total. The zero-order valence-corrected chi connectivity index (χ0v) is 9.49. The molecule has 0 aliphatic carbocycles. The topological polar surface area (TPSA) is 63.3 Å². The van der Waals surface area contributed by atoms with Gasteiger partial charge >= 0.3 is 0 Å². The van der Waals surface area contributed by atoms with Crippen LogP contribution in [0.5, 0.6) is 0 Å². The van der Waals surface area contributed by atoms with Crippen molar-refractivity contribution >= 4 is 22.6 Å². The minimum atomic E-state index is 0.305. The molecule has 0 bridgehead atoms. The highest BCUT2D eigenvalue weighted by molar-refractivity contribution is 6.65. The quantitative estimate of drug-likeness (QED) is 0.729. The van der Waals surface area contributed by atoms with Gasteiger partial charge in [-0.2, -0.15) is 0 Å². The summed E-state index contributed by atoms with van der Waals surface area (Å²) in [6, 6.07) is 5.57. The van der Waals surface area contributed by atoms with Gasteiger partial charge in [0.15, 0.2) is 5.29 Å². The third kappa shape index (κ3) is 2.06. The molecular formula is C11H11ClN4. The molecule has 0 atom stereocenters. The van der Waals surface area contributed by atoms with Crippen molar-refractivity contribution in [3.63, 3.8) is 0 Å². The number of nitrogens with zero attached hydrogens (tertiary/aromatic N) is 2. The van der Waals surface area contributed by atoms with E-state index < -0.39 is 0 Å². The van der Waals surface area contributed by atoms with Gasteiger partial charge in [-0.25, -0.2) is 4.99 Å². The third-order valence-corrected chi connectivity index (χ3v) is 2.40. The summed E-state index contributed by atoms with van der Waals surface area (Å²) in [7, 11) is 0. The number of hydrogen-bond donors (Lipinski definition) is 2. The second-order valence-electron chi connectivity index (χ2n) is 3.36. The van der Waals surface area contributed by atoms with Crippen molar-refractivity contribution in [2.24, 2.45) is 10.7 Å². The standard InChI is InChI=1S/C11H11ClN4/c1-7-6-15-11(12)16-10(7)9(13)8-4-2-3-5-14-8/h2-6H,13H2,1H3,(H,15,16). The fourth-order valence-corrected chi connectivity index (χ4v) is 1.53. The van der Waals surface area contributed by atoms with Gasteiger partial charge in [0.05, 0.1) is 17.1 Å². The van der Waals surface area contributed by atoms with E-state index in [1.165, 1.54) is 0 Å². The van der Waals surface area contributed by atoms with E-state index in [2.05, 4.69) is 15.3 Å². The van der Waals surface area contributed by atoms with Crippen LogP contribution in [0.2, 0.25) is 0 Å². The van der Waals surface area contributed by atoms with Crippen molar-refractivity contribution in [3.8, 4) is 0 Å². The first-order valence-electron chi connectivity index (χ1n) is 4.77. The molecule has 0 aromatic carbocycles. The fourth-order valence-electron chi connectivity index (χ4n) is 1.38. The van der Waals surface area contributed by atoms with Crippen LogP contribution in [0.1, 0.15) is 12.6 Å². The van der Waals surface area contributed by atoms with Crippen molar-refractivity contribution in [2.45, 2.75) is 6.92 Å². The Morgan fingerprint density at radius 1 is 1.44 bits per heavy atom. The molecule has 16 heavy (non-hydrogen) atoms. The van der Waals surface area contributed by atoms with E-state index in [0.717, 1.165) is 11.3 Å². The van der Waals surface area contributed by atoms with Gasteiger partial charge in [-0.05, 0) is 36.2 Å². The highest BCUT2D eigenvalue weighted by Gasteiger charge is 2.13. The van der Waals surface area contributed by atoms with Crippen LogP contribution in [0.15, 0.2) is 46.9 Å². The second kappa shape index (κ2) is 4.37. The Labute approximate surface area is 98.5 Å². The average molecular weight is 235 g/mol. The first-order valence-corrected chi connectivity index (χ1v) is 5.15. The van der Waals surface area contributed by atoms with E-state index in [9.17, 15) is 0 Å². The van der Waals surface area contributed by atoms with Gasteiger partial charge in [-0.1, -0.05) is 6.07 Å². The molecule has 0 saturated heterocycles. The number of nitrogens with one attached hydrogen (secondary N) is 1. The van der Waals surface area contributed by atoms with Crippen LogP contribution in [0.25, 0.3) is 5.70 Å². The summed E-state index contributed by atoms with van der Waals surface area (Å²) < 4.78 is 0. The number of halogens is 1. The largest absolute Gasteiger partial charge is 0.395 e. The van der Waals surface area contributed by atoms with E-state index in [1.807, 2.05) is 25.1 Å². The molecule has 5 heteroatoms. The maximum Gasteiger partial charge on any atom is 0.200 e. The molecule has 0 spiro atoms. The monoisotopic (exact) mass is 234 g/mol. The number of allylic oxidation sites excluding steroid dienone is 1. The number of amidine groups is 1. The number of aromatic nitrogens is 1. The van der Waals surface area contributed by atoms with Crippen LogP contribution in [0.3, 0.4) is 0 Å². The number of pyridine rings is 1. The lowest BCUT2D eigenvalue weighted by atomic mass is 10.1. The molecule has 2 heterocycles. The average Bonchev–Trinajstić information content (AvgIpc) is 2.32. The minimum absolute atomic E-state index is 0.305. The Morgan fingerprint density at radius 2 is 2.25 bits per heavy atom. The molecule has 1 aromatic rings. The van der Waals surface area contributed by atoms with Gasteiger partial charge in [0, 0.05) is 12.4 Å². The summed E-state index contributed by atoms with van der Waals surface area (Å²) in [5.41, 5.74) is 8.96. The summed E-state index contributed by atoms with van der Waals surface area (Å²) in [6.07, 6.45) is 3.37. The Kier molecular flexibility index (Phi) is 2.92. The lowest BCUT2D eigenvalue weighted by Crippen LogP contribution is -2.24. The van der Waals surface area contributed by atoms with Crippen molar-refractivity contribution in [3.05, 3.63) is 47.6 Å². The molecule has 4 nitrogen and oxygen atoms in total. The number of aliphatic imine (C=N–C) groups is 1. The molecule has 1 aliphatic heterocycles. The molecular weight excluding hydrogens is 224 g/mol. The number of hydrogen-bond acceptors (Lipinski definition) is 4. The van der Waals surface area contributed by atoms with Gasteiger partial charge in [-0.3, -0.25) is 4.98 Å². The highest BCUT2D eigenvalue weighted by atomic mass is 35.5. The normalized spacial score (nSPS) is 18.4. The Balaban J connectivity index is 2.44. The summed E-state index contributed by atoms with van der Waals surface area (Å²) in [4.78, 5) is 8.12. The predicted molar refractivity (Wildman–Crippen MR) is 65.5 cm³/mol. The Morgan fingerprint density at radius 3 is 2.94 bits per heavy atom. The smallest absolute Gasteiger partial charge is 0.200 e. The summed E-state index contributed by atoms with van der Waals surface area (Å²) in [6.45, 7) is 1.91. The van der Waals surface area contributed by atoms with Crippen LogP contribution >= 0.6 is 11.6 Å². The van der Waals surface area contributed by atoms with Crippen molar-refractivity contribution in [1.82, 2.24) is 10.3 Å². The first-order chi connectivity index (χ1) is 7.68. The van der Waals surface area contributed by atoms with Crippen molar-refractivity contribution in [2.75, 3.05) is 0 Å². The molecule has 1 aliphatic rings. The molecule has 82 valence electrons. The summed E-state index contributed by atoms with van der Waals surface area (Å²) in [5.74, 6) is 0.